The van der Waals surface area contributed by atoms with Gasteiger partial charge in [-0.1, -0.05) is 18.2 Å². The molecule has 122 valence electrons. The van der Waals surface area contributed by atoms with Crippen molar-refractivity contribution in [3.63, 3.8) is 0 Å². The van der Waals surface area contributed by atoms with E-state index in [1.165, 1.54) is 7.05 Å². The van der Waals surface area contributed by atoms with Crippen molar-refractivity contribution in [3.8, 4) is 0 Å². The summed E-state index contributed by atoms with van der Waals surface area (Å²) in [5, 5.41) is 0. The van der Waals surface area contributed by atoms with E-state index in [0.29, 0.717) is 24.1 Å². The molecule has 1 aliphatic heterocycles. The van der Waals surface area contributed by atoms with Crippen LogP contribution in [0.5, 0.6) is 0 Å². The molecule has 0 radical (unpaired) electrons. The number of nitrogens with zero attached hydrogens (tertiary/aromatic N) is 1. The second-order valence-electron chi connectivity index (χ2n) is 5.79. The summed E-state index contributed by atoms with van der Waals surface area (Å²) >= 11 is 0. The van der Waals surface area contributed by atoms with Crippen LogP contribution in [0.15, 0.2) is 24.3 Å². The molecule has 2 fully saturated rings. The lowest BCUT2D eigenvalue weighted by Gasteiger charge is -2.25. The zero-order valence-corrected chi connectivity index (χ0v) is 13.1. The number of ether oxygens (including phenoxy) is 2. The molecule has 2 unspecified atom stereocenters. The van der Waals surface area contributed by atoms with Crippen LogP contribution in [0.1, 0.15) is 37.4 Å². The van der Waals surface area contributed by atoms with E-state index in [1.54, 1.807) is 24.3 Å². The maximum absolute atomic E-state index is 11.5. The minimum Gasteiger partial charge on any atom is -0.398 e. The fraction of sp³-hybridized carbons (Fsp3) is 0.571. The van der Waals surface area contributed by atoms with Crippen LogP contribution >= 0.6 is 0 Å². The number of benzene rings is 1. The van der Waals surface area contributed by atoms with Gasteiger partial charge in [0.1, 0.15) is 6.10 Å². The molecule has 1 saturated carbocycles. The van der Waals surface area contributed by atoms with Crippen molar-refractivity contribution in [1.29, 1.82) is 0 Å². The third-order valence-electron chi connectivity index (χ3n) is 4.33. The number of hydrogen-bond acceptors (Lipinski definition) is 5. The molecule has 0 amide bonds. The first-order chi connectivity index (χ1) is 10.3. The second kappa shape index (κ2) is 5.47. The van der Waals surface area contributed by atoms with E-state index >= 15 is 0 Å². The lowest BCUT2D eigenvalue weighted by Crippen LogP contribution is -2.40. The van der Waals surface area contributed by atoms with Gasteiger partial charge >= 0.3 is 10.3 Å². The molecule has 3 N–H and O–H groups in total. The van der Waals surface area contributed by atoms with Crippen LogP contribution < -0.4 is 5.73 Å². The molecule has 8 heteroatoms. The number of rotatable bonds is 3. The Morgan fingerprint density at radius 1 is 1.27 bits per heavy atom. The van der Waals surface area contributed by atoms with Gasteiger partial charge in [0.25, 0.3) is 0 Å². The van der Waals surface area contributed by atoms with Crippen LogP contribution in [-0.4, -0.2) is 36.3 Å². The van der Waals surface area contributed by atoms with Crippen LogP contribution in [0.3, 0.4) is 0 Å². The summed E-state index contributed by atoms with van der Waals surface area (Å²) < 4.78 is 45.1. The Kier molecular flexibility index (Phi) is 3.90. The largest absolute Gasteiger partial charge is 0.398 e. The van der Waals surface area contributed by atoms with Crippen molar-refractivity contribution in [2.45, 2.75) is 43.8 Å². The van der Waals surface area contributed by atoms with Crippen LogP contribution in [0.2, 0.25) is 0 Å². The Balaban J connectivity index is 1.99. The van der Waals surface area contributed by atoms with Gasteiger partial charge in [0.15, 0.2) is 12.0 Å². The van der Waals surface area contributed by atoms with Crippen LogP contribution in [0, 0.1) is 0 Å². The molecule has 1 aromatic carbocycles. The zero-order valence-electron chi connectivity index (χ0n) is 12.3. The molecule has 2 atom stereocenters. The van der Waals surface area contributed by atoms with Gasteiger partial charge in [-0.3, -0.25) is 4.55 Å². The fourth-order valence-electron chi connectivity index (χ4n) is 3.13. The van der Waals surface area contributed by atoms with E-state index in [1.807, 2.05) is 0 Å². The highest BCUT2D eigenvalue weighted by Gasteiger charge is 2.53. The predicted molar refractivity (Wildman–Crippen MR) is 80.1 cm³/mol. The van der Waals surface area contributed by atoms with Gasteiger partial charge < -0.3 is 15.2 Å². The molecule has 0 aromatic heterocycles. The molecule has 1 heterocycles. The number of para-hydroxylation sites is 1. The average Bonchev–Trinajstić information content (AvgIpc) is 3.05. The van der Waals surface area contributed by atoms with Crippen molar-refractivity contribution in [3.05, 3.63) is 29.8 Å². The van der Waals surface area contributed by atoms with E-state index in [0.717, 1.165) is 17.1 Å². The molecule has 0 bridgehead atoms. The zero-order chi connectivity index (χ0) is 16.0. The average molecular weight is 328 g/mol. The van der Waals surface area contributed by atoms with Crippen LogP contribution in [0.4, 0.5) is 5.69 Å². The molecule has 1 spiro atoms. The fourth-order valence-corrected chi connectivity index (χ4v) is 3.55. The molecular formula is C14H20N2O5S. The highest BCUT2D eigenvalue weighted by Crippen LogP contribution is 2.48. The van der Waals surface area contributed by atoms with Gasteiger partial charge in [-0.2, -0.15) is 12.7 Å². The summed E-state index contributed by atoms with van der Waals surface area (Å²) in [4.78, 5) is 0. The summed E-state index contributed by atoms with van der Waals surface area (Å²) in [6.45, 7) is 0. The Morgan fingerprint density at radius 3 is 2.50 bits per heavy atom. The number of anilines is 1. The summed E-state index contributed by atoms with van der Waals surface area (Å²) in [7, 11) is -3.13. The van der Waals surface area contributed by atoms with Crippen LogP contribution in [0.25, 0.3) is 0 Å². The molecule has 3 rings (SSSR count). The quantitative estimate of drug-likeness (QED) is 0.646. The van der Waals surface area contributed by atoms with Gasteiger partial charge in [-0.25, -0.2) is 0 Å². The maximum atomic E-state index is 11.5. The standard InChI is InChI=1S/C14H20N2O5S/c1-16(22(17,18)19)13-12(10-6-2-3-7-11(10)15)20-14(21-13)8-4-5-9-14/h2-3,6-7,12-13H,4-5,8-9,15H2,1H3,(H,17,18,19). The van der Waals surface area contributed by atoms with Crippen molar-refractivity contribution in [2.24, 2.45) is 0 Å². The molecular weight excluding hydrogens is 308 g/mol. The van der Waals surface area contributed by atoms with E-state index in [2.05, 4.69) is 0 Å². The first-order valence-electron chi connectivity index (χ1n) is 7.23. The molecule has 7 nitrogen and oxygen atoms in total. The van der Waals surface area contributed by atoms with Crippen molar-refractivity contribution < 1.29 is 22.4 Å². The van der Waals surface area contributed by atoms with E-state index in [9.17, 15) is 13.0 Å². The second-order valence-corrected chi connectivity index (χ2v) is 7.26. The SMILES string of the molecule is CN(C1OC2(CCCC2)OC1c1ccccc1N)S(=O)(=O)O. The van der Waals surface area contributed by atoms with E-state index in [4.69, 9.17) is 15.2 Å². The van der Waals surface area contributed by atoms with E-state index < -0.39 is 28.4 Å². The lowest BCUT2D eigenvalue weighted by molar-refractivity contribution is -0.176. The molecule has 2 aliphatic rings. The monoisotopic (exact) mass is 328 g/mol. The third-order valence-corrected chi connectivity index (χ3v) is 5.26. The lowest BCUT2D eigenvalue weighted by atomic mass is 10.1. The number of hydrogen-bond donors (Lipinski definition) is 2. The van der Waals surface area contributed by atoms with Gasteiger partial charge in [0, 0.05) is 31.1 Å². The third kappa shape index (κ3) is 2.72. The number of nitrogens with two attached hydrogens (primary N) is 1. The Labute approximate surface area is 129 Å². The minimum absolute atomic E-state index is 0.500. The Morgan fingerprint density at radius 2 is 1.91 bits per heavy atom. The maximum Gasteiger partial charge on any atom is 0.337 e. The summed E-state index contributed by atoms with van der Waals surface area (Å²) in [5.41, 5.74) is 7.15. The highest BCUT2D eigenvalue weighted by atomic mass is 32.2. The first kappa shape index (κ1) is 15.7. The van der Waals surface area contributed by atoms with Crippen molar-refractivity contribution >= 4 is 16.0 Å². The van der Waals surface area contributed by atoms with Crippen molar-refractivity contribution in [1.82, 2.24) is 4.31 Å². The normalized spacial score (nSPS) is 27.8. The first-order valence-corrected chi connectivity index (χ1v) is 8.63. The summed E-state index contributed by atoms with van der Waals surface area (Å²) in [6.07, 6.45) is 1.69. The highest BCUT2D eigenvalue weighted by molar-refractivity contribution is 7.83. The smallest absolute Gasteiger partial charge is 0.337 e. The molecule has 1 aliphatic carbocycles. The van der Waals surface area contributed by atoms with Gasteiger partial charge in [-0.15, -0.1) is 0 Å². The Bertz CT molecular complexity index is 657. The summed E-state index contributed by atoms with van der Waals surface area (Å²) in [6, 6.07) is 7.10. The van der Waals surface area contributed by atoms with Crippen molar-refractivity contribution in [2.75, 3.05) is 12.8 Å². The van der Waals surface area contributed by atoms with Gasteiger partial charge in [0.05, 0.1) is 0 Å². The topological polar surface area (TPSA) is 102 Å². The Hall–Kier alpha value is -1.19. The molecule has 1 aromatic rings. The van der Waals surface area contributed by atoms with Gasteiger partial charge in [0.2, 0.25) is 0 Å². The number of nitrogen functional groups attached to an aromatic ring is 1. The molecule has 22 heavy (non-hydrogen) atoms. The number of likely N-dealkylation sites (N-methyl/N-ethyl adjacent to an activating group) is 1. The van der Waals surface area contributed by atoms with Crippen LogP contribution in [-0.2, 0) is 19.8 Å². The van der Waals surface area contributed by atoms with E-state index in [-0.39, 0.29) is 0 Å². The summed E-state index contributed by atoms with van der Waals surface area (Å²) in [5.74, 6) is -0.795. The predicted octanol–water partition coefficient (Wildman–Crippen LogP) is 1.69. The van der Waals surface area contributed by atoms with Gasteiger partial charge in [-0.05, 0) is 18.9 Å². The molecule has 1 saturated heterocycles. The minimum atomic E-state index is -4.40.